The summed E-state index contributed by atoms with van der Waals surface area (Å²) in [5, 5.41) is -0.172. The van der Waals surface area contributed by atoms with Gasteiger partial charge in [-0.05, 0) is 36.2 Å². The average Bonchev–Trinajstić information content (AvgIpc) is 2.02. The Morgan fingerprint density at radius 2 is 2.08 bits per heavy atom. The van der Waals surface area contributed by atoms with Crippen molar-refractivity contribution < 1.29 is 9.53 Å². The number of aryl methyl sites for hydroxylation is 1. The molecule has 70 valence electrons. The van der Waals surface area contributed by atoms with Crippen LogP contribution in [0.15, 0.2) is 12.1 Å². The van der Waals surface area contributed by atoms with Crippen molar-refractivity contribution in [3.63, 3.8) is 0 Å². The summed E-state index contributed by atoms with van der Waals surface area (Å²) in [6.45, 7) is 1.83. The van der Waals surface area contributed by atoms with Crippen LogP contribution >= 0.6 is 23.2 Å². The lowest BCUT2D eigenvalue weighted by molar-refractivity contribution is 0.107. The lowest BCUT2D eigenvalue weighted by Gasteiger charge is -2.07. The minimum atomic E-state index is -0.567. The first-order valence-corrected chi connectivity index (χ1v) is 4.36. The third-order valence-electron chi connectivity index (χ3n) is 1.60. The third-order valence-corrected chi connectivity index (χ3v) is 2.09. The molecule has 4 heteroatoms. The maximum atomic E-state index is 11.0. The molecule has 0 saturated heterocycles. The van der Waals surface area contributed by atoms with Crippen LogP contribution in [0.4, 0.5) is 0 Å². The SMILES string of the molecule is COc1c(Cl)cc(C)cc1C(=O)Cl. The van der Waals surface area contributed by atoms with Crippen LogP contribution in [-0.4, -0.2) is 12.4 Å². The molecule has 13 heavy (non-hydrogen) atoms. The summed E-state index contributed by atoms with van der Waals surface area (Å²) < 4.78 is 4.96. The Morgan fingerprint density at radius 3 is 2.54 bits per heavy atom. The van der Waals surface area contributed by atoms with Crippen LogP contribution in [0, 0.1) is 6.92 Å². The Bertz CT molecular complexity index is 348. The van der Waals surface area contributed by atoms with Crippen molar-refractivity contribution in [2.45, 2.75) is 6.92 Å². The molecular weight excluding hydrogens is 211 g/mol. The smallest absolute Gasteiger partial charge is 0.256 e. The second kappa shape index (κ2) is 3.99. The first-order valence-electron chi connectivity index (χ1n) is 3.60. The van der Waals surface area contributed by atoms with Gasteiger partial charge in [0, 0.05) is 0 Å². The Balaban J connectivity index is 3.38. The number of rotatable bonds is 2. The molecule has 0 atom stereocenters. The van der Waals surface area contributed by atoms with E-state index in [0.717, 1.165) is 5.56 Å². The van der Waals surface area contributed by atoms with Gasteiger partial charge in [0.1, 0.15) is 5.75 Å². The van der Waals surface area contributed by atoms with Crippen LogP contribution in [0.2, 0.25) is 5.02 Å². The fraction of sp³-hybridized carbons (Fsp3) is 0.222. The molecule has 2 nitrogen and oxygen atoms in total. The molecule has 0 N–H and O–H groups in total. The van der Waals surface area contributed by atoms with E-state index in [0.29, 0.717) is 16.3 Å². The summed E-state index contributed by atoms with van der Waals surface area (Å²) in [5.74, 6) is 0.326. The van der Waals surface area contributed by atoms with Crippen molar-refractivity contribution in [1.82, 2.24) is 0 Å². The summed E-state index contributed by atoms with van der Waals surface area (Å²) in [6.07, 6.45) is 0. The zero-order chi connectivity index (χ0) is 10.0. The highest BCUT2D eigenvalue weighted by Crippen LogP contribution is 2.30. The van der Waals surface area contributed by atoms with E-state index in [1.165, 1.54) is 7.11 Å². The van der Waals surface area contributed by atoms with E-state index >= 15 is 0 Å². The number of hydrogen-bond donors (Lipinski definition) is 0. The zero-order valence-corrected chi connectivity index (χ0v) is 8.74. The molecule has 0 amide bonds. The van der Waals surface area contributed by atoms with Gasteiger partial charge < -0.3 is 4.74 Å². The van der Waals surface area contributed by atoms with Gasteiger partial charge in [0.05, 0.1) is 17.7 Å². The van der Waals surface area contributed by atoms with Crippen molar-refractivity contribution in [3.8, 4) is 5.75 Å². The third kappa shape index (κ3) is 2.14. The minimum absolute atomic E-state index is 0.300. The number of ether oxygens (including phenoxy) is 1. The molecule has 0 aliphatic heterocycles. The molecule has 0 unspecified atom stereocenters. The molecule has 0 spiro atoms. The van der Waals surface area contributed by atoms with Crippen LogP contribution in [0.1, 0.15) is 15.9 Å². The maximum Gasteiger partial charge on any atom is 0.256 e. The molecule has 0 bridgehead atoms. The molecule has 0 aliphatic carbocycles. The van der Waals surface area contributed by atoms with Gasteiger partial charge >= 0.3 is 0 Å². The minimum Gasteiger partial charge on any atom is -0.494 e. The second-order valence-electron chi connectivity index (χ2n) is 2.60. The predicted octanol–water partition coefficient (Wildman–Crippen LogP) is 3.04. The van der Waals surface area contributed by atoms with Crippen LogP contribution in [-0.2, 0) is 0 Å². The topological polar surface area (TPSA) is 26.3 Å². The lowest BCUT2D eigenvalue weighted by Crippen LogP contribution is -1.97. The maximum absolute atomic E-state index is 11.0. The Kier molecular flexibility index (Phi) is 3.17. The number of benzene rings is 1. The molecule has 0 radical (unpaired) electrons. The zero-order valence-electron chi connectivity index (χ0n) is 7.23. The number of carbonyl (C=O) groups is 1. The van der Waals surface area contributed by atoms with E-state index in [2.05, 4.69) is 0 Å². The Labute approximate surface area is 86.4 Å². The van der Waals surface area contributed by atoms with Gasteiger partial charge in [-0.25, -0.2) is 0 Å². The Hall–Kier alpha value is -0.730. The summed E-state index contributed by atoms with van der Waals surface area (Å²) in [4.78, 5) is 11.0. The molecule has 0 saturated carbocycles. The monoisotopic (exact) mass is 218 g/mol. The Morgan fingerprint density at radius 1 is 1.46 bits per heavy atom. The van der Waals surface area contributed by atoms with Crippen molar-refractivity contribution in [2.75, 3.05) is 7.11 Å². The lowest BCUT2D eigenvalue weighted by atomic mass is 10.1. The van der Waals surface area contributed by atoms with E-state index in [-0.39, 0.29) is 0 Å². The predicted molar refractivity (Wildman–Crippen MR) is 52.9 cm³/mol. The van der Waals surface area contributed by atoms with Crippen LogP contribution in [0.5, 0.6) is 5.75 Å². The molecule has 1 rings (SSSR count). The first kappa shape index (κ1) is 10.4. The van der Waals surface area contributed by atoms with Gasteiger partial charge in [-0.1, -0.05) is 11.6 Å². The van der Waals surface area contributed by atoms with Gasteiger partial charge in [0.25, 0.3) is 5.24 Å². The second-order valence-corrected chi connectivity index (χ2v) is 3.35. The molecule has 1 aromatic rings. The van der Waals surface area contributed by atoms with Crippen LogP contribution < -0.4 is 4.74 Å². The molecule has 0 fully saturated rings. The fourth-order valence-electron chi connectivity index (χ4n) is 1.08. The van der Waals surface area contributed by atoms with Gasteiger partial charge in [0.2, 0.25) is 0 Å². The summed E-state index contributed by atoms with van der Waals surface area (Å²) in [7, 11) is 1.44. The van der Waals surface area contributed by atoms with Crippen molar-refractivity contribution in [2.24, 2.45) is 0 Å². The van der Waals surface area contributed by atoms with Crippen LogP contribution in [0.25, 0.3) is 0 Å². The van der Waals surface area contributed by atoms with Crippen LogP contribution in [0.3, 0.4) is 0 Å². The standard InChI is InChI=1S/C9H8Cl2O2/c1-5-3-6(9(11)12)8(13-2)7(10)4-5/h3-4H,1-2H3. The number of halogens is 2. The first-order chi connectivity index (χ1) is 6.06. The fourth-order valence-corrected chi connectivity index (χ4v) is 1.57. The number of methoxy groups -OCH3 is 1. The van der Waals surface area contributed by atoms with Gasteiger partial charge in [-0.15, -0.1) is 0 Å². The summed E-state index contributed by atoms with van der Waals surface area (Å²) in [5.41, 5.74) is 1.17. The highest BCUT2D eigenvalue weighted by Gasteiger charge is 2.13. The van der Waals surface area contributed by atoms with E-state index in [4.69, 9.17) is 27.9 Å². The van der Waals surface area contributed by atoms with E-state index in [1.807, 2.05) is 6.92 Å². The van der Waals surface area contributed by atoms with E-state index in [1.54, 1.807) is 12.1 Å². The highest BCUT2D eigenvalue weighted by molar-refractivity contribution is 6.68. The van der Waals surface area contributed by atoms with Crippen molar-refractivity contribution in [3.05, 3.63) is 28.3 Å². The highest BCUT2D eigenvalue weighted by atomic mass is 35.5. The van der Waals surface area contributed by atoms with Crippen molar-refractivity contribution >= 4 is 28.4 Å². The molecule has 0 heterocycles. The molecule has 0 aliphatic rings. The van der Waals surface area contributed by atoms with Gasteiger partial charge in [-0.3, -0.25) is 4.79 Å². The normalized spacial score (nSPS) is 9.85. The largest absolute Gasteiger partial charge is 0.494 e. The number of carbonyl (C=O) groups excluding carboxylic acids is 1. The van der Waals surface area contributed by atoms with E-state index < -0.39 is 5.24 Å². The summed E-state index contributed by atoms with van der Waals surface area (Å²) >= 11 is 11.2. The molecule has 0 aromatic heterocycles. The van der Waals surface area contributed by atoms with Gasteiger partial charge in [-0.2, -0.15) is 0 Å². The number of hydrogen-bond acceptors (Lipinski definition) is 2. The van der Waals surface area contributed by atoms with E-state index in [9.17, 15) is 4.79 Å². The van der Waals surface area contributed by atoms with Gasteiger partial charge in [0.15, 0.2) is 0 Å². The molecular formula is C9H8Cl2O2. The molecule has 1 aromatic carbocycles. The summed E-state index contributed by atoms with van der Waals surface area (Å²) in [6, 6.07) is 3.35. The average molecular weight is 219 g/mol. The quantitative estimate of drug-likeness (QED) is 0.714. The van der Waals surface area contributed by atoms with Crippen molar-refractivity contribution in [1.29, 1.82) is 0 Å².